The number of benzene rings is 2. The van der Waals surface area contributed by atoms with E-state index in [9.17, 15) is 4.39 Å². The van der Waals surface area contributed by atoms with Gasteiger partial charge in [0.1, 0.15) is 23.1 Å². The summed E-state index contributed by atoms with van der Waals surface area (Å²) in [5, 5.41) is 2.95. The minimum atomic E-state index is -0.367. The third-order valence-corrected chi connectivity index (χ3v) is 2.77. The van der Waals surface area contributed by atoms with Crippen molar-refractivity contribution in [3.8, 4) is 23.0 Å². The molecule has 0 fully saturated rings. The van der Waals surface area contributed by atoms with Gasteiger partial charge in [-0.15, -0.1) is 0 Å². The largest absolute Gasteiger partial charge is 0.496 e. The normalized spacial score (nSPS) is 10.0. The Kier molecular flexibility index (Phi) is 4.30. The Morgan fingerprint density at radius 3 is 2.05 bits per heavy atom. The Morgan fingerprint density at radius 1 is 0.900 bits per heavy atom. The average molecular weight is 277 g/mol. The fourth-order valence-corrected chi connectivity index (χ4v) is 1.75. The first-order valence-electron chi connectivity index (χ1n) is 6.04. The molecule has 0 unspecified atom stereocenters. The van der Waals surface area contributed by atoms with E-state index in [1.165, 1.54) is 12.1 Å². The van der Waals surface area contributed by atoms with Crippen molar-refractivity contribution >= 4 is 5.69 Å². The number of halogens is 1. The van der Waals surface area contributed by atoms with E-state index < -0.39 is 0 Å². The van der Waals surface area contributed by atoms with Crippen LogP contribution in [0.4, 0.5) is 10.1 Å². The first-order chi connectivity index (χ1) is 9.66. The zero-order chi connectivity index (χ0) is 14.5. The Bertz CT molecular complexity index is 579. The number of methoxy groups -OCH3 is 2. The summed E-state index contributed by atoms with van der Waals surface area (Å²) in [6, 6.07) is 9.43. The van der Waals surface area contributed by atoms with E-state index in [1.807, 2.05) is 0 Å². The molecule has 0 radical (unpaired) electrons. The third kappa shape index (κ3) is 3.12. The van der Waals surface area contributed by atoms with Gasteiger partial charge in [-0.1, -0.05) is 0 Å². The van der Waals surface area contributed by atoms with Gasteiger partial charge in [0.05, 0.1) is 19.9 Å². The maximum absolute atomic E-state index is 13.3. The van der Waals surface area contributed by atoms with E-state index in [0.29, 0.717) is 28.7 Å². The maximum Gasteiger partial charge on any atom is 0.153 e. The van der Waals surface area contributed by atoms with Crippen molar-refractivity contribution in [1.82, 2.24) is 0 Å². The van der Waals surface area contributed by atoms with E-state index in [1.54, 1.807) is 45.5 Å². The minimum absolute atomic E-state index is 0.367. The molecule has 0 aromatic heterocycles. The molecule has 0 heterocycles. The summed E-state index contributed by atoms with van der Waals surface area (Å²) in [6.45, 7) is 0. The first kappa shape index (κ1) is 14.0. The summed E-state index contributed by atoms with van der Waals surface area (Å²) < 4.78 is 29.4. The number of rotatable bonds is 5. The van der Waals surface area contributed by atoms with Crippen LogP contribution < -0.4 is 19.5 Å². The van der Waals surface area contributed by atoms with Crippen molar-refractivity contribution in [3.05, 3.63) is 42.2 Å². The Balaban J connectivity index is 2.36. The molecule has 0 aliphatic rings. The fourth-order valence-electron chi connectivity index (χ4n) is 1.75. The van der Waals surface area contributed by atoms with Gasteiger partial charge >= 0.3 is 0 Å². The van der Waals surface area contributed by atoms with E-state index >= 15 is 0 Å². The van der Waals surface area contributed by atoms with Gasteiger partial charge in [-0.25, -0.2) is 4.39 Å². The molecule has 0 amide bonds. The molecule has 4 nitrogen and oxygen atoms in total. The predicted octanol–water partition coefficient (Wildman–Crippen LogP) is 3.68. The molecule has 0 saturated carbocycles. The molecular formula is C15H16FNO3. The van der Waals surface area contributed by atoms with E-state index in [-0.39, 0.29) is 5.82 Å². The first-order valence-corrected chi connectivity index (χ1v) is 6.04. The highest BCUT2D eigenvalue weighted by Crippen LogP contribution is 2.34. The smallest absolute Gasteiger partial charge is 0.153 e. The molecule has 1 N–H and O–H groups in total. The molecule has 0 aliphatic heterocycles. The second kappa shape index (κ2) is 6.14. The van der Waals surface area contributed by atoms with Crippen LogP contribution in [0.2, 0.25) is 0 Å². The quantitative estimate of drug-likeness (QED) is 0.905. The SMILES string of the molecule is CNc1ccc(F)cc1Oc1cc(OC)cc(OC)c1. The van der Waals surface area contributed by atoms with Crippen LogP contribution in [0.1, 0.15) is 0 Å². The van der Waals surface area contributed by atoms with Crippen LogP contribution in [0.5, 0.6) is 23.0 Å². The van der Waals surface area contributed by atoms with Gasteiger partial charge in [0.2, 0.25) is 0 Å². The molecule has 0 bridgehead atoms. The van der Waals surface area contributed by atoms with Crippen LogP contribution in [-0.2, 0) is 0 Å². The van der Waals surface area contributed by atoms with Crippen molar-refractivity contribution < 1.29 is 18.6 Å². The average Bonchev–Trinajstić information content (AvgIpc) is 2.47. The lowest BCUT2D eigenvalue weighted by atomic mass is 10.2. The fraction of sp³-hybridized carbons (Fsp3) is 0.200. The van der Waals surface area contributed by atoms with Crippen LogP contribution in [-0.4, -0.2) is 21.3 Å². The van der Waals surface area contributed by atoms with Crippen LogP contribution in [0.3, 0.4) is 0 Å². The zero-order valence-corrected chi connectivity index (χ0v) is 11.6. The summed E-state index contributed by atoms with van der Waals surface area (Å²) in [5.41, 5.74) is 0.688. The predicted molar refractivity (Wildman–Crippen MR) is 75.6 cm³/mol. The lowest BCUT2D eigenvalue weighted by Gasteiger charge is -2.13. The Morgan fingerprint density at radius 2 is 1.50 bits per heavy atom. The Hall–Kier alpha value is -2.43. The van der Waals surface area contributed by atoms with Gasteiger partial charge in [0.25, 0.3) is 0 Å². The standard InChI is InChI=1S/C15H16FNO3/c1-17-14-5-4-10(16)6-15(14)20-13-8-11(18-2)7-12(9-13)19-3/h4-9,17H,1-3H3. The number of ether oxygens (including phenoxy) is 3. The van der Waals surface area contributed by atoms with Crippen molar-refractivity contribution in [2.45, 2.75) is 0 Å². The third-order valence-electron chi connectivity index (χ3n) is 2.77. The van der Waals surface area contributed by atoms with Crippen LogP contribution in [0.15, 0.2) is 36.4 Å². The summed E-state index contributed by atoms with van der Waals surface area (Å²) in [6.07, 6.45) is 0. The number of nitrogens with one attached hydrogen (secondary N) is 1. The van der Waals surface area contributed by atoms with Crippen molar-refractivity contribution in [2.75, 3.05) is 26.6 Å². The van der Waals surface area contributed by atoms with E-state index in [4.69, 9.17) is 14.2 Å². The van der Waals surface area contributed by atoms with Crippen LogP contribution in [0.25, 0.3) is 0 Å². The molecule has 2 rings (SSSR count). The topological polar surface area (TPSA) is 39.7 Å². The number of hydrogen-bond acceptors (Lipinski definition) is 4. The molecule has 5 heteroatoms. The van der Waals surface area contributed by atoms with Gasteiger partial charge in [0, 0.05) is 31.3 Å². The summed E-state index contributed by atoms with van der Waals surface area (Å²) in [7, 11) is 4.85. The van der Waals surface area contributed by atoms with Crippen molar-refractivity contribution in [2.24, 2.45) is 0 Å². The number of anilines is 1. The van der Waals surface area contributed by atoms with Crippen molar-refractivity contribution in [3.63, 3.8) is 0 Å². The molecule has 0 saturated heterocycles. The lowest BCUT2D eigenvalue weighted by Crippen LogP contribution is -1.95. The highest BCUT2D eigenvalue weighted by atomic mass is 19.1. The molecule has 2 aromatic carbocycles. The van der Waals surface area contributed by atoms with Gasteiger partial charge < -0.3 is 19.5 Å². The van der Waals surface area contributed by atoms with Gasteiger partial charge in [-0.2, -0.15) is 0 Å². The van der Waals surface area contributed by atoms with E-state index in [2.05, 4.69) is 5.32 Å². The molecular weight excluding hydrogens is 261 g/mol. The van der Waals surface area contributed by atoms with Crippen LogP contribution >= 0.6 is 0 Å². The molecule has 2 aromatic rings. The zero-order valence-electron chi connectivity index (χ0n) is 11.6. The summed E-state index contributed by atoms with van der Waals surface area (Å²) in [4.78, 5) is 0. The van der Waals surface area contributed by atoms with Gasteiger partial charge in [-0.05, 0) is 12.1 Å². The van der Waals surface area contributed by atoms with Gasteiger partial charge in [-0.3, -0.25) is 0 Å². The second-order valence-corrected chi connectivity index (χ2v) is 4.04. The molecule has 0 spiro atoms. The molecule has 106 valence electrons. The maximum atomic E-state index is 13.3. The van der Waals surface area contributed by atoms with Gasteiger partial charge in [0.15, 0.2) is 5.75 Å². The molecule has 20 heavy (non-hydrogen) atoms. The van der Waals surface area contributed by atoms with E-state index in [0.717, 1.165) is 0 Å². The highest BCUT2D eigenvalue weighted by Gasteiger charge is 2.08. The lowest BCUT2D eigenvalue weighted by molar-refractivity contribution is 0.386. The highest BCUT2D eigenvalue weighted by molar-refractivity contribution is 5.58. The Labute approximate surface area is 117 Å². The summed E-state index contributed by atoms with van der Waals surface area (Å²) in [5.74, 6) is 1.73. The summed E-state index contributed by atoms with van der Waals surface area (Å²) >= 11 is 0. The van der Waals surface area contributed by atoms with Crippen molar-refractivity contribution in [1.29, 1.82) is 0 Å². The monoisotopic (exact) mass is 277 g/mol. The molecule has 0 atom stereocenters. The molecule has 0 aliphatic carbocycles. The number of hydrogen-bond donors (Lipinski definition) is 1. The second-order valence-electron chi connectivity index (χ2n) is 4.04. The van der Waals surface area contributed by atoms with Crippen LogP contribution in [0, 0.1) is 5.82 Å². The minimum Gasteiger partial charge on any atom is -0.496 e.